The largest absolute Gasteiger partial charge is 0.504 e. The number of aromatic nitrogens is 2. The highest BCUT2D eigenvalue weighted by Crippen LogP contribution is 2.38. The van der Waals surface area contributed by atoms with Crippen LogP contribution >= 0.6 is 0 Å². The average molecular weight is 361 g/mol. The van der Waals surface area contributed by atoms with Crippen molar-refractivity contribution in [3.8, 4) is 22.6 Å². The SMILES string of the molecule is Cc1ncc(CN2CCOc3c(O)cc(-c4ccccc4C)cc3C2)cn1. The molecule has 0 saturated carbocycles. The number of hydrogen-bond acceptors (Lipinski definition) is 5. The quantitative estimate of drug-likeness (QED) is 0.768. The Hall–Kier alpha value is -2.92. The molecule has 2 heterocycles. The normalized spacial score (nSPS) is 14.3. The van der Waals surface area contributed by atoms with Crippen molar-refractivity contribution in [2.45, 2.75) is 26.9 Å². The molecule has 0 spiro atoms. The first-order valence-corrected chi connectivity index (χ1v) is 9.15. The van der Waals surface area contributed by atoms with E-state index in [1.165, 1.54) is 5.56 Å². The van der Waals surface area contributed by atoms with Gasteiger partial charge in [-0.15, -0.1) is 0 Å². The van der Waals surface area contributed by atoms with Crippen molar-refractivity contribution in [3.63, 3.8) is 0 Å². The van der Waals surface area contributed by atoms with Crippen LogP contribution in [0.1, 0.15) is 22.5 Å². The second-order valence-corrected chi connectivity index (χ2v) is 7.00. The maximum absolute atomic E-state index is 10.6. The van der Waals surface area contributed by atoms with Crippen LogP contribution in [0.4, 0.5) is 0 Å². The number of fused-ring (bicyclic) bond motifs is 1. The maximum atomic E-state index is 10.6. The molecule has 5 heteroatoms. The van der Waals surface area contributed by atoms with Gasteiger partial charge in [0.1, 0.15) is 12.4 Å². The summed E-state index contributed by atoms with van der Waals surface area (Å²) >= 11 is 0. The van der Waals surface area contributed by atoms with Crippen LogP contribution in [0.3, 0.4) is 0 Å². The molecule has 0 radical (unpaired) electrons. The van der Waals surface area contributed by atoms with Gasteiger partial charge in [0, 0.05) is 43.2 Å². The molecule has 1 N–H and O–H groups in total. The predicted octanol–water partition coefficient (Wildman–Crippen LogP) is 3.86. The molecule has 0 atom stereocenters. The topological polar surface area (TPSA) is 58.5 Å². The number of aromatic hydroxyl groups is 1. The molecule has 3 aromatic rings. The Bertz CT molecular complexity index is 954. The molecule has 1 aliphatic rings. The first-order valence-electron chi connectivity index (χ1n) is 9.15. The second kappa shape index (κ2) is 7.37. The van der Waals surface area contributed by atoms with E-state index < -0.39 is 0 Å². The van der Waals surface area contributed by atoms with Gasteiger partial charge in [-0.1, -0.05) is 24.3 Å². The number of aryl methyl sites for hydroxylation is 2. The van der Waals surface area contributed by atoms with Crippen LogP contribution in [0.5, 0.6) is 11.5 Å². The number of benzene rings is 2. The van der Waals surface area contributed by atoms with E-state index >= 15 is 0 Å². The van der Waals surface area contributed by atoms with Crippen LogP contribution in [-0.4, -0.2) is 33.1 Å². The summed E-state index contributed by atoms with van der Waals surface area (Å²) in [7, 11) is 0. The fourth-order valence-corrected chi connectivity index (χ4v) is 3.50. The highest BCUT2D eigenvalue weighted by Gasteiger charge is 2.20. The Morgan fingerprint density at radius 1 is 1.11 bits per heavy atom. The lowest BCUT2D eigenvalue weighted by Gasteiger charge is -2.19. The molecule has 27 heavy (non-hydrogen) atoms. The molecule has 0 amide bonds. The van der Waals surface area contributed by atoms with Crippen LogP contribution in [0.25, 0.3) is 11.1 Å². The van der Waals surface area contributed by atoms with Gasteiger partial charge in [-0.25, -0.2) is 9.97 Å². The van der Waals surface area contributed by atoms with E-state index in [0.717, 1.165) is 41.2 Å². The van der Waals surface area contributed by atoms with Gasteiger partial charge in [0.2, 0.25) is 0 Å². The third kappa shape index (κ3) is 3.78. The van der Waals surface area contributed by atoms with Crippen molar-refractivity contribution < 1.29 is 9.84 Å². The molecule has 4 rings (SSSR count). The number of phenols is 1. The Labute approximate surface area is 159 Å². The zero-order valence-electron chi connectivity index (χ0n) is 15.6. The summed E-state index contributed by atoms with van der Waals surface area (Å²) in [4.78, 5) is 10.9. The van der Waals surface area contributed by atoms with Crippen LogP contribution in [0.2, 0.25) is 0 Å². The van der Waals surface area contributed by atoms with E-state index in [-0.39, 0.29) is 5.75 Å². The zero-order chi connectivity index (χ0) is 18.8. The predicted molar refractivity (Wildman–Crippen MR) is 105 cm³/mol. The number of phenolic OH excluding ortho intramolecular Hbond substituents is 1. The van der Waals surface area contributed by atoms with Crippen molar-refractivity contribution in [2.75, 3.05) is 13.2 Å². The van der Waals surface area contributed by atoms with Gasteiger partial charge in [0.25, 0.3) is 0 Å². The lowest BCUT2D eigenvalue weighted by molar-refractivity contribution is 0.217. The molecule has 1 aliphatic heterocycles. The van der Waals surface area contributed by atoms with Crippen molar-refractivity contribution in [1.82, 2.24) is 14.9 Å². The monoisotopic (exact) mass is 361 g/mol. The van der Waals surface area contributed by atoms with Gasteiger partial charge in [0.05, 0.1) is 0 Å². The van der Waals surface area contributed by atoms with E-state index in [1.807, 2.05) is 31.5 Å². The lowest BCUT2D eigenvalue weighted by Crippen LogP contribution is -2.25. The van der Waals surface area contributed by atoms with Gasteiger partial charge in [-0.2, -0.15) is 0 Å². The van der Waals surface area contributed by atoms with Crippen LogP contribution < -0.4 is 4.74 Å². The molecule has 5 nitrogen and oxygen atoms in total. The molecule has 0 fully saturated rings. The Balaban J connectivity index is 1.64. The summed E-state index contributed by atoms with van der Waals surface area (Å²) < 4.78 is 5.86. The average Bonchev–Trinajstić information content (AvgIpc) is 2.86. The van der Waals surface area contributed by atoms with Gasteiger partial charge < -0.3 is 9.84 Å². The van der Waals surface area contributed by atoms with Crippen molar-refractivity contribution >= 4 is 0 Å². The summed E-state index contributed by atoms with van der Waals surface area (Å²) in [6.45, 7) is 6.74. The van der Waals surface area contributed by atoms with Crippen molar-refractivity contribution in [1.29, 1.82) is 0 Å². The fraction of sp³-hybridized carbons (Fsp3) is 0.273. The summed E-state index contributed by atoms with van der Waals surface area (Å²) in [5.41, 5.74) is 5.38. The van der Waals surface area contributed by atoms with Gasteiger partial charge in [-0.3, -0.25) is 4.90 Å². The zero-order valence-corrected chi connectivity index (χ0v) is 15.6. The van der Waals surface area contributed by atoms with E-state index in [2.05, 4.69) is 40.0 Å². The standard InChI is InChI=1S/C22H23N3O2/c1-15-5-3-4-6-20(15)18-9-19-14-25(7-8-27-22(19)21(26)10-18)13-17-11-23-16(2)24-12-17/h3-6,9-12,26H,7-8,13-14H2,1-2H3. The molecule has 0 aliphatic carbocycles. The summed E-state index contributed by atoms with van der Waals surface area (Å²) in [5.74, 6) is 1.57. The smallest absolute Gasteiger partial charge is 0.165 e. The van der Waals surface area contributed by atoms with Crippen molar-refractivity contribution in [3.05, 3.63) is 71.3 Å². The summed E-state index contributed by atoms with van der Waals surface area (Å²) in [6.07, 6.45) is 3.74. The molecular formula is C22H23N3O2. The third-order valence-corrected chi connectivity index (χ3v) is 4.89. The maximum Gasteiger partial charge on any atom is 0.165 e. The number of rotatable bonds is 3. The lowest BCUT2D eigenvalue weighted by atomic mass is 9.98. The summed E-state index contributed by atoms with van der Waals surface area (Å²) in [6, 6.07) is 12.1. The molecule has 2 aromatic carbocycles. The second-order valence-electron chi connectivity index (χ2n) is 7.00. The Morgan fingerprint density at radius 2 is 1.89 bits per heavy atom. The van der Waals surface area contributed by atoms with Crippen LogP contribution in [-0.2, 0) is 13.1 Å². The fourth-order valence-electron chi connectivity index (χ4n) is 3.50. The molecule has 0 unspecified atom stereocenters. The van der Waals surface area contributed by atoms with Gasteiger partial charge >= 0.3 is 0 Å². The highest BCUT2D eigenvalue weighted by atomic mass is 16.5. The highest BCUT2D eigenvalue weighted by molar-refractivity contribution is 5.71. The van der Waals surface area contributed by atoms with E-state index in [0.29, 0.717) is 18.9 Å². The number of hydrogen-bond donors (Lipinski definition) is 1. The minimum atomic E-state index is 0.200. The Morgan fingerprint density at radius 3 is 2.67 bits per heavy atom. The minimum absolute atomic E-state index is 0.200. The van der Waals surface area contributed by atoms with Crippen molar-refractivity contribution in [2.24, 2.45) is 0 Å². The molecular weight excluding hydrogens is 338 g/mol. The first-order chi connectivity index (χ1) is 13.1. The van der Waals surface area contributed by atoms with E-state index in [4.69, 9.17) is 4.74 Å². The van der Waals surface area contributed by atoms with E-state index in [1.54, 1.807) is 6.07 Å². The molecule has 138 valence electrons. The number of ether oxygens (including phenoxy) is 1. The van der Waals surface area contributed by atoms with Gasteiger partial charge in [-0.05, 0) is 42.7 Å². The van der Waals surface area contributed by atoms with Crippen LogP contribution in [0.15, 0.2) is 48.8 Å². The number of nitrogens with zero attached hydrogens (tertiary/aromatic N) is 3. The van der Waals surface area contributed by atoms with Gasteiger partial charge in [0.15, 0.2) is 11.5 Å². The first kappa shape index (κ1) is 17.5. The summed E-state index contributed by atoms with van der Waals surface area (Å²) in [5, 5.41) is 10.6. The third-order valence-electron chi connectivity index (χ3n) is 4.89. The minimum Gasteiger partial charge on any atom is -0.504 e. The molecule has 0 bridgehead atoms. The molecule has 1 aromatic heterocycles. The molecule has 0 saturated heterocycles. The van der Waals surface area contributed by atoms with Crippen LogP contribution in [0, 0.1) is 13.8 Å². The Kier molecular flexibility index (Phi) is 4.77. The van der Waals surface area contributed by atoms with E-state index in [9.17, 15) is 5.11 Å².